The first-order valence-corrected chi connectivity index (χ1v) is 10.6. The number of likely N-dealkylation sites (tertiary alicyclic amines) is 1. The van der Waals surface area contributed by atoms with Crippen molar-refractivity contribution < 1.29 is 32.2 Å². The van der Waals surface area contributed by atoms with Crippen LogP contribution in [-0.4, -0.2) is 35.7 Å². The van der Waals surface area contributed by atoms with Crippen molar-refractivity contribution in [3.63, 3.8) is 0 Å². The Balaban J connectivity index is 1.87. The second-order valence-electron chi connectivity index (χ2n) is 7.87. The largest absolute Gasteiger partial charge is 0.508 e. The average Bonchev–Trinajstić information content (AvgIpc) is 3.16. The van der Waals surface area contributed by atoms with Gasteiger partial charge in [0.15, 0.2) is 0 Å². The molecule has 0 atom stereocenters. The molecule has 1 fully saturated rings. The van der Waals surface area contributed by atoms with Crippen LogP contribution in [0.4, 0.5) is 13.2 Å². The fourth-order valence-electron chi connectivity index (χ4n) is 4.16. The number of carbonyl (C=O) groups excluding carboxylic acids is 1. The minimum absolute atomic E-state index is 0.0355. The summed E-state index contributed by atoms with van der Waals surface area (Å²) in [6.07, 6.45) is -1.19. The predicted molar refractivity (Wildman–Crippen MR) is 113 cm³/mol. The van der Waals surface area contributed by atoms with Gasteiger partial charge in [0.1, 0.15) is 22.7 Å². The maximum atomic E-state index is 13.0. The number of phenols is 1. The molecule has 0 spiro atoms. The molecule has 170 valence electrons. The zero-order chi connectivity index (χ0) is 22.9. The van der Waals surface area contributed by atoms with Crippen molar-refractivity contribution in [3.8, 4) is 17.1 Å². The van der Waals surface area contributed by atoms with Gasteiger partial charge < -0.3 is 14.3 Å². The Morgan fingerprint density at radius 1 is 1.09 bits per heavy atom. The van der Waals surface area contributed by atoms with Gasteiger partial charge in [0, 0.05) is 23.1 Å². The normalized spacial score (nSPS) is 15.2. The summed E-state index contributed by atoms with van der Waals surface area (Å²) in [5.41, 5.74) is 0.561. The Labute approximate surface area is 183 Å². The van der Waals surface area contributed by atoms with Crippen molar-refractivity contribution in [2.24, 2.45) is 0 Å². The number of esters is 1. The maximum absolute atomic E-state index is 13.0. The van der Waals surface area contributed by atoms with E-state index in [-0.39, 0.29) is 23.7 Å². The molecule has 1 aliphatic heterocycles. The summed E-state index contributed by atoms with van der Waals surface area (Å²) in [5.74, 6) is -0.488. The van der Waals surface area contributed by atoms with Gasteiger partial charge in [-0.15, -0.1) is 0 Å². The highest BCUT2D eigenvalue weighted by atomic mass is 19.4. The van der Waals surface area contributed by atoms with Crippen LogP contribution in [-0.2, 0) is 17.5 Å². The van der Waals surface area contributed by atoms with Gasteiger partial charge in [0.05, 0.1) is 12.2 Å². The number of nitrogens with zero attached hydrogens (tertiary/aromatic N) is 1. The Morgan fingerprint density at radius 3 is 2.41 bits per heavy atom. The lowest BCUT2D eigenvalue weighted by Crippen LogP contribution is -2.29. The zero-order valence-corrected chi connectivity index (χ0v) is 17.7. The number of ether oxygens (including phenoxy) is 1. The van der Waals surface area contributed by atoms with Crippen LogP contribution in [0, 0.1) is 0 Å². The van der Waals surface area contributed by atoms with Gasteiger partial charge in [-0.05, 0) is 57.1 Å². The molecule has 1 N–H and O–H groups in total. The standard InChI is InChI=1S/C24H24F3NO4/c1-2-31-23(30)21-20-17(14-28-12-4-3-5-13-28)18(29)10-11-19(20)32-22(21)15-6-8-16(9-7-15)24(25,26)27/h6-11,29H,2-5,12-14H2,1H3. The van der Waals surface area contributed by atoms with Crippen molar-refractivity contribution in [2.75, 3.05) is 19.7 Å². The molecule has 0 aliphatic carbocycles. The highest BCUT2D eigenvalue weighted by molar-refractivity contribution is 6.10. The Hall–Kier alpha value is -3.00. The number of fused-ring (bicyclic) bond motifs is 1. The lowest BCUT2D eigenvalue weighted by atomic mass is 9.99. The average molecular weight is 447 g/mol. The molecule has 5 nitrogen and oxygen atoms in total. The maximum Gasteiger partial charge on any atom is 0.416 e. The van der Waals surface area contributed by atoms with E-state index in [1.165, 1.54) is 18.2 Å². The van der Waals surface area contributed by atoms with E-state index in [9.17, 15) is 23.1 Å². The molecule has 4 rings (SSSR count). The van der Waals surface area contributed by atoms with Crippen molar-refractivity contribution in [2.45, 2.75) is 38.9 Å². The Kier molecular flexibility index (Phi) is 6.15. The van der Waals surface area contributed by atoms with Crippen LogP contribution in [0.15, 0.2) is 40.8 Å². The molecule has 1 aromatic heterocycles. The predicted octanol–water partition coefficient (Wildman–Crippen LogP) is 5.99. The number of hydrogen-bond donors (Lipinski definition) is 1. The van der Waals surface area contributed by atoms with Crippen molar-refractivity contribution in [1.29, 1.82) is 0 Å². The first-order valence-electron chi connectivity index (χ1n) is 10.6. The fourth-order valence-corrected chi connectivity index (χ4v) is 4.16. The third-order valence-electron chi connectivity index (χ3n) is 5.72. The number of benzene rings is 2. The minimum atomic E-state index is -4.47. The third kappa shape index (κ3) is 4.32. The molecule has 0 unspecified atom stereocenters. The highest BCUT2D eigenvalue weighted by Crippen LogP contribution is 2.40. The van der Waals surface area contributed by atoms with Crippen molar-refractivity contribution >= 4 is 16.9 Å². The second kappa shape index (κ2) is 8.86. The summed E-state index contributed by atoms with van der Waals surface area (Å²) in [6.45, 7) is 3.99. The van der Waals surface area contributed by atoms with Crippen LogP contribution in [0.3, 0.4) is 0 Å². The quantitative estimate of drug-likeness (QED) is 0.487. The molecular weight excluding hydrogens is 423 g/mol. The molecule has 2 heterocycles. The summed E-state index contributed by atoms with van der Waals surface area (Å²) < 4.78 is 50.2. The van der Waals surface area contributed by atoms with Crippen LogP contribution in [0.2, 0.25) is 0 Å². The summed E-state index contributed by atoms with van der Waals surface area (Å²) in [5, 5.41) is 11.1. The Bertz CT molecular complexity index is 1110. The van der Waals surface area contributed by atoms with E-state index in [4.69, 9.17) is 9.15 Å². The van der Waals surface area contributed by atoms with E-state index in [2.05, 4.69) is 4.90 Å². The van der Waals surface area contributed by atoms with Gasteiger partial charge in [0.2, 0.25) is 0 Å². The van der Waals surface area contributed by atoms with E-state index in [1.54, 1.807) is 13.0 Å². The monoisotopic (exact) mass is 447 g/mol. The molecule has 0 radical (unpaired) electrons. The number of alkyl halides is 3. The van der Waals surface area contributed by atoms with Crippen LogP contribution < -0.4 is 0 Å². The van der Waals surface area contributed by atoms with Gasteiger partial charge in [-0.1, -0.05) is 18.6 Å². The molecule has 0 saturated carbocycles. The Morgan fingerprint density at radius 2 is 1.78 bits per heavy atom. The smallest absolute Gasteiger partial charge is 0.416 e. The highest BCUT2D eigenvalue weighted by Gasteiger charge is 2.31. The number of carbonyl (C=O) groups is 1. The van der Waals surface area contributed by atoms with Gasteiger partial charge in [-0.25, -0.2) is 4.79 Å². The van der Waals surface area contributed by atoms with Gasteiger partial charge in [-0.3, -0.25) is 4.90 Å². The van der Waals surface area contributed by atoms with Crippen molar-refractivity contribution in [3.05, 3.63) is 53.1 Å². The molecular formula is C24H24F3NO4. The molecule has 0 amide bonds. The molecule has 8 heteroatoms. The number of rotatable bonds is 5. The topological polar surface area (TPSA) is 62.9 Å². The number of hydrogen-bond acceptors (Lipinski definition) is 5. The van der Waals surface area contributed by atoms with E-state index >= 15 is 0 Å². The first-order chi connectivity index (χ1) is 15.3. The van der Waals surface area contributed by atoms with E-state index in [1.807, 2.05) is 0 Å². The second-order valence-corrected chi connectivity index (χ2v) is 7.87. The third-order valence-corrected chi connectivity index (χ3v) is 5.72. The van der Waals surface area contributed by atoms with E-state index in [0.717, 1.165) is 44.5 Å². The number of furan rings is 1. The van der Waals surface area contributed by atoms with Gasteiger partial charge in [-0.2, -0.15) is 13.2 Å². The van der Waals surface area contributed by atoms with E-state index < -0.39 is 17.7 Å². The summed E-state index contributed by atoms with van der Waals surface area (Å²) in [6, 6.07) is 7.51. The summed E-state index contributed by atoms with van der Waals surface area (Å²) >= 11 is 0. The molecule has 0 bridgehead atoms. The zero-order valence-electron chi connectivity index (χ0n) is 17.7. The molecule has 32 heavy (non-hydrogen) atoms. The SMILES string of the molecule is CCOC(=O)c1c(-c2ccc(C(F)(F)F)cc2)oc2ccc(O)c(CN3CCCCC3)c12. The lowest BCUT2D eigenvalue weighted by Gasteiger charge is -2.27. The number of aromatic hydroxyl groups is 1. The van der Waals surface area contributed by atoms with Crippen LogP contribution in [0.5, 0.6) is 5.75 Å². The fraction of sp³-hybridized carbons (Fsp3) is 0.375. The molecule has 3 aromatic rings. The van der Waals surface area contributed by atoms with Gasteiger partial charge in [0.25, 0.3) is 0 Å². The van der Waals surface area contributed by atoms with Crippen molar-refractivity contribution in [1.82, 2.24) is 4.90 Å². The van der Waals surface area contributed by atoms with Crippen LogP contribution in [0.1, 0.15) is 47.7 Å². The minimum Gasteiger partial charge on any atom is -0.508 e. The summed E-state index contributed by atoms with van der Waals surface area (Å²) in [4.78, 5) is 15.1. The van der Waals surface area contributed by atoms with Gasteiger partial charge >= 0.3 is 12.1 Å². The molecule has 2 aromatic carbocycles. The van der Waals surface area contributed by atoms with Crippen LogP contribution >= 0.6 is 0 Å². The lowest BCUT2D eigenvalue weighted by molar-refractivity contribution is -0.137. The van der Waals surface area contributed by atoms with Crippen LogP contribution in [0.25, 0.3) is 22.3 Å². The molecule has 1 aliphatic rings. The first kappa shape index (κ1) is 22.2. The number of piperidine rings is 1. The number of halogens is 3. The van der Waals surface area contributed by atoms with E-state index in [0.29, 0.717) is 28.6 Å². The summed E-state index contributed by atoms with van der Waals surface area (Å²) in [7, 11) is 0. The number of phenolic OH excluding ortho intramolecular Hbond substituents is 1. The molecule has 1 saturated heterocycles.